The van der Waals surface area contributed by atoms with E-state index in [2.05, 4.69) is 14.4 Å². The summed E-state index contributed by atoms with van der Waals surface area (Å²) in [6, 6.07) is 5.36. The number of para-hydroxylation sites is 1. The first-order valence-corrected chi connectivity index (χ1v) is 14.2. The molecule has 0 saturated heterocycles. The molecule has 3 rings (SSSR count). The molecule has 1 aliphatic heterocycles. The minimum Gasteiger partial charge on any atom is -0.453 e. The number of nitrogens with one attached hydrogen (secondary N) is 2. The van der Waals surface area contributed by atoms with Crippen molar-refractivity contribution in [1.29, 1.82) is 0 Å². The molecule has 12 nitrogen and oxygen atoms in total. The molecule has 0 fully saturated rings. The summed E-state index contributed by atoms with van der Waals surface area (Å²) >= 11 is 0. The number of sulfonamides is 2. The van der Waals surface area contributed by atoms with Crippen LogP contribution in [-0.2, 0) is 20.0 Å². The van der Waals surface area contributed by atoms with E-state index in [0.717, 1.165) is 6.07 Å². The molecule has 0 unspecified atom stereocenters. The molecule has 0 spiro atoms. The molecule has 4 N–H and O–H groups in total. The van der Waals surface area contributed by atoms with Crippen molar-refractivity contribution in [3.05, 3.63) is 34.5 Å². The third-order valence-electron chi connectivity index (χ3n) is 5.33. The zero-order valence-corrected chi connectivity index (χ0v) is 22.4. The molecule has 1 aliphatic carbocycles. The maximum atomic E-state index is 13.2. The van der Waals surface area contributed by atoms with Crippen molar-refractivity contribution in [2.75, 3.05) is 60.1 Å². The largest absolute Gasteiger partial charge is 0.453 e. The van der Waals surface area contributed by atoms with E-state index in [1.165, 1.54) is 18.2 Å². The van der Waals surface area contributed by atoms with E-state index in [0.29, 0.717) is 25.9 Å². The Hall–Kier alpha value is -2.62. The molecule has 1 heterocycles. The highest BCUT2D eigenvalue weighted by Crippen LogP contribution is 2.34. The van der Waals surface area contributed by atoms with E-state index >= 15 is 0 Å². The lowest BCUT2D eigenvalue weighted by molar-refractivity contribution is 0.400. The molecule has 2 aliphatic rings. The fraction of sp³-hybridized carbons (Fsp3) is 0.455. The van der Waals surface area contributed by atoms with Crippen molar-refractivity contribution >= 4 is 36.8 Å². The zero-order valence-electron chi connectivity index (χ0n) is 20.7. The summed E-state index contributed by atoms with van der Waals surface area (Å²) in [6.07, 6.45) is 1.10. The van der Waals surface area contributed by atoms with Crippen molar-refractivity contribution in [2.45, 2.75) is 22.6 Å². The standard InChI is InChI=1S/C22H32N6O6S2/c1-27(2)12-6-10-24-35(30,31)18-9-5-8-16-20(18)26-21-17(34-16)14-15(29)19(23)22(21)36(32,33)25-11-7-13-28(3)4/h5,8-9,14,24-25H,6-7,10-13,23H2,1-4H3. The van der Waals surface area contributed by atoms with Gasteiger partial charge in [-0.25, -0.2) is 31.3 Å². The lowest BCUT2D eigenvalue weighted by atomic mass is 10.2. The van der Waals surface area contributed by atoms with Crippen molar-refractivity contribution in [3.63, 3.8) is 0 Å². The van der Waals surface area contributed by atoms with Crippen LogP contribution in [0.1, 0.15) is 12.8 Å². The van der Waals surface area contributed by atoms with Crippen molar-refractivity contribution in [1.82, 2.24) is 24.2 Å². The average molecular weight is 541 g/mol. The summed E-state index contributed by atoms with van der Waals surface area (Å²) in [5.41, 5.74) is 4.41. The number of aromatic nitrogens is 1. The molecule has 0 aromatic heterocycles. The molecular formula is C22H32N6O6S2. The van der Waals surface area contributed by atoms with Gasteiger partial charge < -0.3 is 20.0 Å². The summed E-state index contributed by atoms with van der Waals surface area (Å²) in [4.78, 5) is 19.9. The Labute approximate surface area is 210 Å². The average Bonchev–Trinajstić information content (AvgIpc) is 2.78. The Morgan fingerprint density at radius 1 is 0.944 bits per heavy atom. The minimum atomic E-state index is -4.27. The SMILES string of the molecule is CN(C)CCCNS(=O)(=O)c1c2nc3c(S(=O)(=O)NCCCN(C)C)cccc3oc-2cc(=O)c1N. The summed E-state index contributed by atoms with van der Waals surface area (Å²) in [5.74, 6) is -0.121. The third kappa shape index (κ3) is 6.38. The van der Waals surface area contributed by atoms with E-state index in [9.17, 15) is 21.6 Å². The highest BCUT2D eigenvalue weighted by atomic mass is 32.2. The van der Waals surface area contributed by atoms with Crippen LogP contribution in [0, 0.1) is 0 Å². The van der Waals surface area contributed by atoms with Gasteiger partial charge in [0.2, 0.25) is 25.5 Å². The van der Waals surface area contributed by atoms with Crippen LogP contribution < -0.4 is 20.6 Å². The second kappa shape index (κ2) is 11.2. The maximum Gasteiger partial charge on any atom is 0.245 e. The summed E-state index contributed by atoms with van der Waals surface area (Å²) in [5, 5.41) is 0. The first kappa shape index (κ1) is 28.0. The van der Waals surface area contributed by atoms with Gasteiger partial charge in [0.1, 0.15) is 26.7 Å². The highest BCUT2D eigenvalue weighted by molar-refractivity contribution is 7.90. The number of benzene rings is 2. The molecule has 0 amide bonds. The summed E-state index contributed by atoms with van der Waals surface area (Å²) < 4.78 is 63.1. The number of anilines is 1. The Bertz CT molecular complexity index is 1470. The van der Waals surface area contributed by atoms with Crippen LogP contribution in [0.25, 0.3) is 22.6 Å². The van der Waals surface area contributed by atoms with E-state index < -0.39 is 36.1 Å². The second-order valence-electron chi connectivity index (χ2n) is 8.89. The van der Waals surface area contributed by atoms with Crippen LogP contribution in [-0.4, -0.2) is 86.0 Å². The van der Waals surface area contributed by atoms with Gasteiger partial charge >= 0.3 is 0 Å². The lowest BCUT2D eigenvalue weighted by Crippen LogP contribution is -2.30. The molecule has 36 heavy (non-hydrogen) atoms. The molecule has 1 aromatic carbocycles. The molecular weight excluding hydrogens is 508 g/mol. The predicted octanol–water partition coefficient (Wildman–Crippen LogP) is 0.335. The van der Waals surface area contributed by atoms with E-state index in [1.54, 1.807) is 0 Å². The first-order valence-electron chi connectivity index (χ1n) is 11.3. The van der Waals surface area contributed by atoms with Gasteiger partial charge in [-0.1, -0.05) is 6.07 Å². The Morgan fingerprint density at radius 3 is 2.11 bits per heavy atom. The summed E-state index contributed by atoms with van der Waals surface area (Å²) in [7, 11) is -0.771. The molecule has 0 radical (unpaired) electrons. The number of nitrogens with zero attached hydrogens (tertiary/aromatic N) is 3. The van der Waals surface area contributed by atoms with Gasteiger partial charge in [-0.3, -0.25) is 4.79 Å². The predicted molar refractivity (Wildman–Crippen MR) is 138 cm³/mol. The minimum absolute atomic E-state index is 0.0742. The lowest BCUT2D eigenvalue weighted by Gasteiger charge is -2.16. The van der Waals surface area contributed by atoms with Gasteiger partial charge in [0.25, 0.3) is 0 Å². The Balaban J connectivity index is 2.11. The zero-order chi connectivity index (χ0) is 26.7. The molecule has 198 valence electrons. The number of rotatable bonds is 12. The molecule has 0 atom stereocenters. The van der Waals surface area contributed by atoms with Crippen LogP contribution in [0.2, 0.25) is 0 Å². The first-order chi connectivity index (χ1) is 16.8. The number of hydrogen-bond acceptors (Lipinski definition) is 10. The van der Waals surface area contributed by atoms with Gasteiger partial charge in [-0.05, 0) is 66.3 Å². The van der Waals surface area contributed by atoms with Crippen molar-refractivity contribution in [2.24, 2.45) is 0 Å². The van der Waals surface area contributed by atoms with Gasteiger partial charge in [0, 0.05) is 19.2 Å². The van der Waals surface area contributed by atoms with Gasteiger partial charge in [-0.15, -0.1) is 0 Å². The molecule has 14 heteroatoms. The van der Waals surface area contributed by atoms with E-state index in [-0.39, 0.29) is 40.5 Å². The van der Waals surface area contributed by atoms with Crippen LogP contribution in [0.4, 0.5) is 5.69 Å². The van der Waals surface area contributed by atoms with Crippen LogP contribution >= 0.6 is 0 Å². The molecule has 0 saturated carbocycles. The quantitative estimate of drug-likeness (QED) is 0.165. The van der Waals surface area contributed by atoms with Crippen molar-refractivity contribution < 1.29 is 21.3 Å². The fourth-order valence-corrected chi connectivity index (χ4v) is 6.14. The summed E-state index contributed by atoms with van der Waals surface area (Å²) in [6.45, 7) is 1.63. The molecule has 1 aromatic rings. The number of fused-ring (bicyclic) bond motifs is 2. The van der Waals surface area contributed by atoms with Gasteiger partial charge in [-0.2, -0.15) is 0 Å². The molecule has 0 bridgehead atoms. The Kier molecular flexibility index (Phi) is 8.69. The number of nitrogen functional groups attached to an aromatic ring is 1. The van der Waals surface area contributed by atoms with E-state index in [4.69, 9.17) is 10.2 Å². The monoisotopic (exact) mass is 540 g/mol. The van der Waals surface area contributed by atoms with E-state index in [1.807, 2.05) is 38.0 Å². The Morgan fingerprint density at radius 2 is 1.53 bits per heavy atom. The fourth-order valence-electron chi connectivity index (χ4n) is 3.57. The third-order valence-corrected chi connectivity index (χ3v) is 8.36. The van der Waals surface area contributed by atoms with Crippen LogP contribution in [0.5, 0.6) is 0 Å². The van der Waals surface area contributed by atoms with Crippen LogP contribution in [0.15, 0.2) is 43.3 Å². The second-order valence-corrected chi connectivity index (χ2v) is 12.3. The highest BCUT2D eigenvalue weighted by Gasteiger charge is 2.30. The van der Waals surface area contributed by atoms with Gasteiger partial charge in [0.05, 0.1) is 0 Å². The van der Waals surface area contributed by atoms with Crippen LogP contribution in [0.3, 0.4) is 0 Å². The normalized spacial score (nSPS) is 12.8. The number of nitrogens with two attached hydrogens (primary N) is 1. The number of hydrogen-bond donors (Lipinski definition) is 3. The maximum absolute atomic E-state index is 13.2. The smallest absolute Gasteiger partial charge is 0.245 e. The topological polar surface area (TPSA) is 168 Å². The van der Waals surface area contributed by atoms with Crippen molar-refractivity contribution in [3.8, 4) is 11.5 Å². The van der Waals surface area contributed by atoms with Gasteiger partial charge in [0.15, 0.2) is 11.3 Å².